The van der Waals surface area contributed by atoms with Crippen molar-refractivity contribution in [2.75, 3.05) is 5.32 Å². The van der Waals surface area contributed by atoms with Crippen molar-refractivity contribution in [2.24, 2.45) is 0 Å². The topological polar surface area (TPSA) is 77.1 Å². The zero-order chi connectivity index (χ0) is 19.8. The number of halogens is 1. The summed E-state index contributed by atoms with van der Waals surface area (Å²) in [5.41, 5.74) is 5.15. The minimum Gasteiger partial charge on any atom is -0.320 e. The molecule has 8 heteroatoms. The third-order valence-electron chi connectivity index (χ3n) is 4.79. The summed E-state index contributed by atoms with van der Waals surface area (Å²) < 4.78 is 3.59. The van der Waals surface area contributed by atoms with Gasteiger partial charge in [0.05, 0.1) is 11.9 Å². The first-order valence-corrected chi connectivity index (χ1v) is 9.31. The van der Waals surface area contributed by atoms with Crippen LogP contribution in [-0.2, 0) is 6.54 Å². The van der Waals surface area contributed by atoms with E-state index in [1.807, 2.05) is 37.7 Å². The lowest BCUT2D eigenvalue weighted by atomic mass is 10.2. The zero-order valence-electron chi connectivity index (χ0n) is 15.8. The number of nitrogens with one attached hydrogen (secondary N) is 1. The van der Waals surface area contributed by atoms with Crippen LogP contribution in [-0.4, -0.2) is 30.3 Å². The summed E-state index contributed by atoms with van der Waals surface area (Å²) in [6.45, 7) is 6.69. The minimum absolute atomic E-state index is 0.278. The Labute approximate surface area is 167 Å². The predicted octanol–water partition coefficient (Wildman–Crippen LogP) is 4.14. The Balaban J connectivity index is 1.73. The number of rotatable bonds is 4. The summed E-state index contributed by atoms with van der Waals surface area (Å²) in [5, 5.41) is 12.3. The molecule has 0 spiro atoms. The van der Waals surface area contributed by atoms with Crippen LogP contribution in [0.3, 0.4) is 0 Å². The quantitative estimate of drug-likeness (QED) is 0.564. The first-order valence-electron chi connectivity index (χ1n) is 8.93. The minimum atomic E-state index is -0.317. The molecule has 1 amide bonds. The maximum Gasteiger partial charge on any atom is 0.276 e. The second-order valence-electron chi connectivity index (χ2n) is 6.46. The second-order valence-corrected chi connectivity index (χ2v) is 6.86. The van der Waals surface area contributed by atoms with Gasteiger partial charge >= 0.3 is 0 Å². The number of aryl methyl sites for hydroxylation is 1. The van der Waals surface area contributed by atoms with Crippen LogP contribution >= 0.6 is 11.6 Å². The van der Waals surface area contributed by atoms with E-state index in [9.17, 15) is 4.79 Å². The lowest BCUT2D eigenvalue weighted by molar-refractivity contribution is 0.102. The van der Waals surface area contributed by atoms with Crippen molar-refractivity contribution >= 4 is 28.8 Å². The van der Waals surface area contributed by atoms with Crippen molar-refractivity contribution in [2.45, 2.75) is 27.3 Å². The molecule has 1 N–H and O–H groups in total. The summed E-state index contributed by atoms with van der Waals surface area (Å²) >= 11 is 6.14. The van der Waals surface area contributed by atoms with Gasteiger partial charge in [0.1, 0.15) is 0 Å². The standard InChI is InChI=1S/C20H19ClN6O/c1-4-26-13(3)14(11-23-26)18-8-9-22-19-10-17(25-27(18)19)20(28)24-16-7-5-6-15(21)12(16)2/h5-11H,4H2,1-3H3,(H,24,28). The van der Waals surface area contributed by atoms with Crippen LogP contribution in [0.5, 0.6) is 0 Å². The predicted molar refractivity (Wildman–Crippen MR) is 109 cm³/mol. The van der Waals surface area contributed by atoms with Crippen molar-refractivity contribution in [3.05, 3.63) is 64.7 Å². The molecule has 3 aromatic heterocycles. The normalized spacial score (nSPS) is 11.1. The molecule has 0 radical (unpaired) electrons. The van der Waals surface area contributed by atoms with Gasteiger partial charge in [0.25, 0.3) is 5.91 Å². The fourth-order valence-electron chi connectivity index (χ4n) is 3.16. The van der Waals surface area contributed by atoms with E-state index in [4.69, 9.17) is 11.6 Å². The molecule has 4 rings (SSSR count). The van der Waals surface area contributed by atoms with Crippen molar-refractivity contribution in [3.63, 3.8) is 0 Å². The number of benzene rings is 1. The highest BCUT2D eigenvalue weighted by molar-refractivity contribution is 6.31. The van der Waals surface area contributed by atoms with Gasteiger partial charge in [0.2, 0.25) is 0 Å². The van der Waals surface area contributed by atoms with Crippen LogP contribution in [0, 0.1) is 13.8 Å². The molecule has 3 heterocycles. The Bertz CT molecular complexity index is 1190. The zero-order valence-corrected chi connectivity index (χ0v) is 16.5. The number of fused-ring (bicyclic) bond motifs is 1. The van der Waals surface area contributed by atoms with E-state index in [2.05, 4.69) is 20.5 Å². The highest BCUT2D eigenvalue weighted by Gasteiger charge is 2.17. The number of nitrogens with zero attached hydrogens (tertiary/aromatic N) is 5. The molecule has 142 valence electrons. The number of carbonyl (C=O) groups is 1. The molecule has 0 bridgehead atoms. The summed E-state index contributed by atoms with van der Waals surface area (Å²) in [5.74, 6) is -0.317. The summed E-state index contributed by atoms with van der Waals surface area (Å²) in [7, 11) is 0. The summed E-state index contributed by atoms with van der Waals surface area (Å²) in [6, 6.07) is 8.92. The van der Waals surface area contributed by atoms with E-state index in [0.29, 0.717) is 16.4 Å². The van der Waals surface area contributed by atoms with Gasteiger partial charge in [-0.05, 0) is 44.5 Å². The Hall–Kier alpha value is -3.19. The lowest BCUT2D eigenvalue weighted by Gasteiger charge is -2.08. The maximum absolute atomic E-state index is 12.7. The molecule has 0 aliphatic carbocycles. The van der Waals surface area contributed by atoms with E-state index in [0.717, 1.165) is 29.1 Å². The van der Waals surface area contributed by atoms with Gasteiger partial charge in [-0.15, -0.1) is 0 Å². The molecule has 0 fully saturated rings. The lowest BCUT2D eigenvalue weighted by Crippen LogP contribution is -2.13. The van der Waals surface area contributed by atoms with E-state index in [-0.39, 0.29) is 11.6 Å². The molecule has 0 atom stereocenters. The number of carbonyl (C=O) groups excluding carboxylic acids is 1. The first kappa shape index (κ1) is 18.2. The second kappa shape index (κ2) is 7.09. The Kier molecular flexibility index (Phi) is 4.60. The fourth-order valence-corrected chi connectivity index (χ4v) is 3.33. The van der Waals surface area contributed by atoms with Crippen LogP contribution in [0.25, 0.3) is 16.9 Å². The van der Waals surface area contributed by atoms with Crippen molar-refractivity contribution in [1.29, 1.82) is 0 Å². The van der Waals surface area contributed by atoms with Crippen LogP contribution < -0.4 is 5.32 Å². The van der Waals surface area contributed by atoms with Crippen LogP contribution in [0.4, 0.5) is 5.69 Å². The molecule has 4 aromatic rings. The first-order chi connectivity index (χ1) is 13.5. The summed E-state index contributed by atoms with van der Waals surface area (Å²) in [4.78, 5) is 17.1. The molecule has 0 saturated heterocycles. The van der Waals surface area contributed by atoms with Crippen molar-refractivity contribution in [3.8, 4) is 11.3 Å². The highest BCUT2D eigenvalue weighted by atomic mass is 35.5. The molecule has 0 aliphatic rings. The van der Waals surface area contributed by atoms with Gasteiger partial charge in [-0.3, -0.25) is 9.48 Å². The number of amides is 1. The highest BCUT2D eigenvalue weighted by Crippen LogP contribution is 2.25. The molecule has 28 heavy (non-hydrogen) atoms. The van der Waals surface area contributed by atoms with E-state index in [1.165, 1.54) is 0 Å². The molecule has 0 unspecified atom stereocenters. The molecule has 1 aromatic carbocycles. The van der Waals surface area contributed by atoms with Crippen molar-refractivity contribution < 1.29 is 4.79 Å². The van der Waals surface area contributed by atoms with Gasteiger partial charge in [0, 0.05) is 40.8 Å². The third-order valence-corrected chi connectivity index (χ3v) is 5.19. The molecular formula is C20H19ClN6O. The Morgan fingerprint density at radius 1 is 1.25 bits per heavy atom. The fraction of sp³-hybridized carbons (Fsp3) is 0.200. The van der Waals surface area contributed by atoms with Gasteiger partial charge < -0.3 is 5.32 Å². The van der Waals surface area contributed by atoms with E-state index in [1.54, 1.807) is 35.0 Å². The van der Waals surface area contributed by atoms with Gasteiger partial charge in [0.15, 0.2) is 11.3 Å². The maximum atomic E-state index is 12.7. The Morgan fingerprint density at radius 3 is 2.82 bits per heavy atom. The average molecular weight is 395 g/mol. The van der Waals surface area contributed by atoms with E-state index < -0.39 is 0 Å². The molecular weight excluding hydrogens is 376 g/mol. The average Bonchev–Trinajstić information content (AvgIpc) is 3.28. The number of hydrogen-bond donors (Lipinski definition) is 1. The molecule has 0 saturated carbocycles. The number of hydrogen-bond acceptors (Lipinski definition) is 4. The largest absolute Gasteiger partial charge is 0.320 e. The molecule has 0 aliphatic heterocycles. The Morgan fingerprint density at radius 2 is 2.07 bits per heavy atom. The summed E-state index contributed by atoms with van der Waals surface area (Å²) in [6.07, 6.45) is 3.52. The number of aromatic nitrogens is 5. The van der Waals surface area contributed by atoms with Gasteiger partial charge in [-0.1, -0.05) is 17.7 Å². The van der Waals surface area contributed by atoms with Crippen LogP contribution in [0.1, 0.15) is 28.7 Å². The smallest absolute Gasteiger partial charge is 0.276 e. The van der Waals surface area contributed by atoms with Crippen LogP contribution in [0.2, 0.25) is 5.02 Å². The van der Waals surface area contributed by atoms with Crippen molar-refractivity contribution in [1.82, 2.24) is 24.4 Å². The van der Waals surface area contributed by atoms with Gasteiger partial charge in [-0.2, -0.15) is 10.2 Å². The third kappa shape index (κ3) is 3.03. The van der Waals surface area contributed by atoms with E-state index >= 15 is 0 Å². The molecule has 7 nitrogen and oxygen atoms in total. The van der Waals surface area contributed by atoms with Gasteiger partial charge in [-0.25, -0.2) is 9.50 Å². The monoisotopic (exact) mass is 394 g/mol. The number of anilines is 1. The SMILES string of the molecule is CCn1ncc(-c2ccnc3cc(C(=O)Nc4cccc(Cl)c4C)nn23)c1C. The van der Waals surface area contributed by atoms with Crippen LogP contribution in [0.15, 0.2) is 42.7 Å².